The molecule has 102 valence electrons. The van der Waals surface area contributed by atoms with Crippen LogP contribution >= 0.6 is 0 Å². The van der Waals surface area contributed by atoms with Crippen LogP contribution in [0.5, 0.6) is 0 Å². The van der Waals surface area contributed by atoms with Crippen molar-refractivity contribution in [2.75, 3.05) is 11.1 Å². The highest BCUT2D eigenvalue weighted by Crippen LogP contribution is 2.22. The van der Waals surface area contributed by atoms with Gasteiger partial charge in [0, 0.05) is 7.05 Å². The topological polar surface area (TPSA) is 129 Å². The fraction of sp³-hybridized carbons (Fsp3) is 0.200. The lowest BCUT2D eigenvalue weighted by Gasteiger charge is -2.09. The average molecular weight is 282 g/mol. The van der Waals surface area contributed by atoms with E-state index in [1.54, 1.807) is 17.0 Å². The molecule has 0 fully saturated rings. The largest absolute Gasteiger partial charge is 0.397 e. The van der Waals surface area contributed by atoms with Gasteiger partial charge in [-0.05, 0) is 18.2 Å². The fourth-order valence-corrected chi connectivity index (χ4v) is 2.07. The number of sulfonamides is 1. The fourth-order valence-electron chi connectivity index (χ4n) is 1.52. The summed E-state index contributed by atoms with van der Waals surface area (Å²) in [5.74, 6) is 0.731. The molecule has 2 aromatic rings. The maximum absolute atomic E-state index is 11.2. The third kappa shape index (κ3) is 3.01. The Labute approximate surface area is 110 Å². The van der Waals surface area contributed by atoms with Gasteiger partial charge in [0.05, 0.1) is 22.8 Å². The molecule has 1 aromatic carbocycles. The molecule has 0 aliphatic carbocycles. The van der Waals surface area contributed by atoms with Crippen molar-refractivity contribution in [1.82, 2.24) is 14.8 Å². The van der Waals surface area contributed by atoms with Crippen LogP contribution in [0, 0.1) is 0 Å². The molecule has 0 unspecified atom stereocenters. The minimum absolute atomic E-state index is 0.0193. The Morgan fingerprint density at radius 1 is 1.42 bits per heavy atom. The van der Waals surface area contributed by atoms with E-state index in [0.717, 1.165) is 5.82 Å². The maximum Gasteiger partial charge on any atom is 0.238 e. The number of hydrogen-bond acceptors (Lipinski definition) is 6. The first-order chi connectivity index (χ1) is 8.88. The number of nitrogens with zero attached hydrogens (tertiary/aromatic N) is 3. The first-order valence-electron chi connectivity index (χ1n) is 5.37. The summed E-state index contributed by atoms with van der Waals surface area (Å²) < 4.78 is 24.1. The summed E-state index contributed by atoms with van der Waals surface area (Å²) in [6.07, 6.45) is 1.59. The quantitative estimate of drug-likeness (QED) is 0.658. The Kier molecular flexibility index (Phi) is 3.40. The molecule has 9 heteroatoms. The molecule has 0 radical (unpaired) electrons. The van der Waals surface area contributed by atoms with Crippen LogP contribution in [0.15, 0.2) is 29.4 Å². The van der Waals surface area contributed by atoms with Gasteiger partial charge in [-0.15, -0.1) is 10.2 Å². The van der Waals surface area contributed by atoms with Crippen LogP contribution < -0.4 is 16.2 Å². The van der Waals surface area contributed by atoms with Crippen molar-refractivity contribution in [3.05, 3.63) is 30.4 Å². The summed E-state index contributed by atoms with van der Waals surface area (Å²) in [5.41, 5.74) is 6.68. The first-order valence-corrected chi connectivity index (χ1v) is 6.91. The molecule has 0 bridgehead atoms. The van der Waals surface area contributed by atoms with Gasteiger partial charge in [-0.3, -0.25) is 0 Å². The molecular weight excluding hydrogens is 268 g/mol. The number of benzene rings is 1. The third-order valence-electron chi connectivity index (χ3n) is 2.59. The molecule has 1 aromatic heterocycles. The second-order valence-electron chi connectivity index (χ2n) is 4.01. The van der Waals surface area contributed by atoms with Gasteiger partial charge in [-0.25, -0.2) is 13.6 Å². The van der Waals surface area contributed by atoms with Crippen LogP contribution in [-0.4, -0.2) is 23.2 Å². The number of primary sulfonamides is 1. The van der Waals surface area contributed by atoms with Crippen LogP contribution in [-0.2, 0) is 23.6 Å². The number of hydrogen-bond donors (Lipinski definition) is 3. The van der Waals surface area contributed by atoms with Crippen molar-refractivity contribution in [2.24, 2.45) is 12.2 Å². The Morgan fingerprint density at radius 3 is 2.68 bits per heavy atom. The van der Waals surface area contributed by atoms with Crippen molar-refractivity contribution < 1.29 is 8.42 Å². The predicted octanol–water partition coefficient (Wildman–Crippen LogP) is -0.343. The minimum Gasteiger partial charge on any atom is -0.397 e. The summed E-state index contributed by atoms with van der Waals surface area (Å²) in [6.45, 7) is 0.426. The van der Waals surface area contributed by atoms with E-state index in [9.17, 15) is 8.42 Å². The molecule has 0 spiro atoms. The average Bonchev–Trinajstić information content (AvgIpc) is 2.72. The maximum atomic E-state index is 11.2. The highest BCUT2D eigenvalue weighted by Gasteiger charge is 2.10. The monoisotopic (exact) mass is 282 g/mol. The second kappa shape index (κ2) is 4.86. The minimum atomic E-state index is -3.74. The van der Waals surface area contributed by atoms with E-state index in [1.807, 2.05) is 7.05 Å². The smallest absolute Gasteiger partial charge is 0.238 e. The van der Waals surface area contributed by atoms with Crippen LogP contribution in [0.25, 0.3) is 0 Å². The summed E-state index contributed by atoms with van der Waals surface area (Å²) in [7, 11) is -1.92. The number of aromatic nitrogens is 3. The Morgan fingerprint density at radius 2 is 2.16 bits per heavy atom. The Bertz CT molecular complexity index is 694. The molecule has 19 heavy (non-hydrogen) atoms. The normalized spacial score (nSPS) is 11.5. The van der Waals surface area contributed by atoms with Crippen LogP contribution in [0.3, 0.4) is 0 Å². The molecule has 2 rings (SSSR count). The van der Waals surface area contributed by atoms with Crippen molar-refractivity contribution in [3.8, 4) is 0 Å². The van der Waals surface area contributed by atoms with Crippen LogP contribution in [0.1, 0.15) is 5.82 Å². The van der Waals surface area contributed by atoms with Gasteiger partial charge in [0.2, 0.25) is 10.0 Å². The molecule has 0 atom stereocenters. The number of nitrogens with one attached hydrogen (secondary N) is 1. The highest BCUT2D eigenvalue weighted by molar-refractivity contribution is 7.89. The molecule has 0 amide bonds. The van der Waals surface area contributed by atoms with Crippen molar-refractivity contribution >= 4 is 21.4 Å². The van der Waals surface area contributed by atoms with Gasteiger partial charge in [-0.1, -0.05) is 0 Å². The number of aryl methyl sites for hydroxylation is 1. The third-order valence-corrected chi connectivity index (χ3v) is 3.50. The van der Waals surface area contributed by atoms with E-state index >= 15 is 0 Å². The van der Waals surface area contributed by atoms with Gasteiger partial charge >= 0.3 is 0 Å². The molecular formula is C10H14N6O2S. The summed E-state index contributed by atoms with van der Waals surface area (Å²) in [6, 6.07) is 4.27. The number of nitrogens with two attached hydrogens (primary N) is 2. The zero-order chi connectivity index (χ0) is 14.0. The van der Waals surface area contributed by atoms with Crippen LogP contribution in [0.2, 0.25) is 0 Å². The van der Waals surface area contributed by atoms with Crippen molar-refractivity contribution in [1.29, 1.82) is 0 Å². The Hall–Kier alpha value is -2.13. The number of anilines is 2. The molecule has 5 N–H and O–H groups in total. The predicted molar refractivity (Wildman–Crippen MR) is 70.6 cm³/mol. The van der Waals surface area contributed by atoms with Gasteiger partial charge in [-0.2, -0.15) is 0 Å². The molecule has 8 nitrogen and oxygen atoms in total. The molecule has 1 heterocycles. The van der Waals surface area contributed by atoms with Gasteiger partial charge in [0.1, 0.15) is 6.33 Å². The number of rotatable bonds is 4. The van der Waals surface area contributed by atoms with Crippen molar-refractivity contribution in [3.63, 3.8) is 0 Å². The van der Waals surface area contributed by atoms with E-state index in [4.69, 9.17) is 10.9 Å². The lowest BCUT2D eigenvalue weighted by molar-refractivity contribution is 0.598. The lowest BCUT2D eigenvalue weighted by atomic mass is 10.2. The molecule has 0 saturated heterocycles. The van der Waals surface area contributed by atoms with Gasteiger partial charge in [0.15, 0.2) is 5.82 Å². The number of nitrogen functional groups attached to an aromatic ring is 1. The van der Waals surface area contributed by atoms with E-state index < -0.39 is 10.0 Å². The SMILES string of the molecule is Cn1cnnc1CNc1ccc(S(N)(=O)=O)cc1N. The highest BCUT2D eigenvalue weighted by atomic mass is 32.2. The zero-order valence-electron chi connectivity index (χ0n) is 10.2. The van der Waals surface area contributed by atoms with Gasteiger partial charge < -0.3 is 15.6 Å². The molecule has 0 aliphatic rings. The molecule has 0 saturated carbocycles. The van der Waals surface area contributed by atoms with E-state index in [0.29, 0.717) is 17.9 Å². The summed E-state index contributed by atoms with van der Waals surface area (Å²) in [4.78, 5) is -0.0193. The standard InChI is InChI=1S/C10H14N6O2S/c1-16-6-14-15-10(16)5-13-9-3-2-7(4-8(9)11)19(12,17)18/h2-4,6,13H,5,11H2,1H3,(H2,12,17,18). The van der Waals surface area contributed by atoms with Gasteiger partial charge in [0.25, 0.3) is 0 Å². The van der Waals surface area contributed by atoms with E-state index in [2.05, 4.69) is 15.5 Å². The molecule has 0 aliphatic heterocycles. The summed E-state index contributed by atoms with van der Waals surface area (Å²) in [5, 5.41) is 15.7. The van der Waals surface area contributed by atoms with E-state index in [-0.39, 0.29) is 4.90 Å². The summed E-state index contributed by atoms with van der Waals surface area (Å²) >= 11 is 0. The first kappa shape index (κ1) is 13.3. The zero-order valence-corrected chi connectivity index (χ0v) is 11.1. The second-order valence-corrected chi connectivity index (χ2v) is 5.57. The van der Waals surface area contributed by atoms with Crippen molar-refractivity contribution in [2.45, 2.75) is 11.4 Å². The Balaban J connectivity index is 2.16. The lowest BCUT2D eigenvalue weighted by Crippen LogP contribution is -2.13. The van der Waals surface area contributed by atoms with E-state index in [1.165, 1.54) is 12.1 Å². The van der Waals surface area contributed by atoms with Crippen LogP contribution in [0.4, 0.5) is 11.4 Å².